The smallest absolute Gasteiger partial charge is 0.168 e. The molecule has 2 rings (SSSR count). The standard InChI is InChI=1S/C14H8Br2ClFO/c15-9-2-4-13(17)11(6-9)14(19)5-8-1-3-10(18)7-12(8)16/h1-4,6-7H,5H2. The quantitative estimate of drug-likeness (QED) is 0.621. The fourth-order valence-corrected chi connectivity index (χ4v) is 2.72. The van der Waals surface area contributed by atoms with E-state index in [1.165, 1.54) is 12.1 Å². The van der Waals surface area contributed by atoms with E-state index >= 15 is 0 Å². The summed E-state index contributed by atoms with van der Waals surface area (Å²) in [5, 5.41) is 0.409. The number of rotatable bonds is 3. The molecule has 0 bridgehead atoms. The fourth-order valence-electron chi connectivity index (χ4n) is 1.64. The Labute approximate surface area is 132 Å². The Balaban J connectivity index is 2.28. The molecular weight excluding hydrogens is 398 g/mol. The second-order valence-electron chi connectivity index (χ2n) is 3.96. The highest BCUT2D eigenvalue weighted by atomic mass is 79.9. The summed E-state index contributed by atoms with van der Waals surface area (Å²) < 4.78 is 14.3. The zero-order valence-corrected chi connectivity index (χ0v) is 13.5. The van der Waals surface area contributed by atoms with Gasteiger partial charge in [0.15, 0.2) is 5.78 Å². The number of Topliss-reactive ketones (excluding diaryl/α,β-unsaturated/α-hetero) is 1. The predicted octanol–water partition coefficient (Wildman–Crippen LogP) is 5.43. The molecule has 0 radical (unpaired) electrons. The molecular formula is C14H8Br2ClFO. The van der Waals surface area contributed by atoms with Crippen LogP contribution in [0.1, 0.15) is 15.9 Å². The van der Waals surface area contributed by atoms with E-state index in [4.69, 9.17) is 11.6 Å². The fraction of sp³-hybridized carbons (Fsp3) is 0.0714. The Morgan fingerprint density at radius 1 is 1.16 bits per heavy atom. The molecule has 2 aromatic carbocycles. The van der Waals surface area contributed by atoms with Crippen LogP contribution in [0.25, 0.3) is 0 Å². The zero-order valence-electron chi connectivity index (χ0n) is 9.59. The molecule has 0 saturated carbocycles. The molecule has 98 valence electrons. The third-order valence-corrected chi connectivity index (χ3v) is 4.16. The van der Waals surface area contributed by atoms with Crippen molar-refractivity contribution >= 4 is 49.2 Å². The van der Waals surface area contributed by atoms with Gasteiger partial charge in [-0.3, -0.25) is 4.79 Å². The molecule has 0 atom stereocenters. The average molecular weight is 406 g/mol. The topological polar surface area (TPSA) is 17.1 Å². The molecule has 1 nitrogen and oxygen atoms in total. The lowest BCUT2D eigenvalue weighted by Gasteiger charge is -2.06. The number of hydrogen-bond donors (Lipinski definition) is 0. The van der Waals surface area contributed by atoms with Crippen molar-refractivity contribution in [2.24, 2.45) is 0 Å². The van der Waals surface area contributed by atoms with E-state index in [1.54, 1.807) is 24.3 Å². The van der Waals surface area contributed by atoms with Crippen LogP contribution in [-0.4, -0.2) is 5.78 Å². The Kier molecular flexibility index (Phi) is 4.76. The first-order valence-corrected chi connectivity index (χ1v) is 7.36. The van der Waals surface area contributed by atoms with Gasteiger partial charge in [-0.25, -0.2) is 4.39 Å². The van der Waals surface area contributed by atoms with Gasteiger partial charge in [-0.2, -0.15) is 0 Å². The lowest BCUT2D eigenvalue weighted by molar-refractivity contribution is 0.0993. The van der Waals surface area contributed by atoms with Crippen molar-refractivity contribution in [2.75, 3.05) is 0 Å². The molecule has 2 aromatic rings. The maximum atomic E-state index is 13.0. The van der Waals surface area contributed by atoms with E-state index in [-0.39, 0.29) is 18.0 Å². The van der Waals surface area contributed by atoms with Crippen LogP contribution in [0.5, 0.6) is 0 Å². The molecule has 0 heterocycles. The number of hydrogen-bond acceptors (Lipinski definition) is 1. The number of benzene rings is 2. The highest BCUT2D eigenvalue weighted by molar-refractivity contribution is 9.10. The lowest BCUT2D eigenvalue weighted by Crippen LogP contribution is -2.05. The molecule has 0 aliphatic heterocycles. The molecule has 0 aliphatic rings. The van der Waals surface area contributed by atoms with Crippen LogP contribution in [-0.2, 0) is 6.42 Å². The third kappa shape index (κ3) is 3.65. The van der Waals surface area contributed by atoms with Gasteiger partial charge in [0.05, 0.1) is 5.02 Å². The van der Waals surface area contributed by atoms with Crippen molar-refractivity contribution < 1.29 is 9.18 Å². The minimum absolute atomic E-state index is 0.112. The van der Waals surface area contributed by atoms with Gasteiger partial charge in [0.1, 0.15) is 5.82 Å². The zero-order chi connectivity index (χ0) is 14.0. The van der Waals surface area contributed by atoms with Gasteiger partial charge >= 0.3 is 0 Å². The highest BCUT2D eigenvalue weighted by Crippen LogP contribution is 2.25. The molecule has 0 N–H and O–H groups in total. The summed E-state index contributed by atoms with van der Waals surface area (Å²) in [6.07, 6.45) is 0.164. The first kappa shape index (κ1) is 14.7. The Hall–Kier alpha value is -0.710. The number of halogens is 4. The number of ketones is 1. The molecule has 0 aliphatic carbocycles. The van der Waals surface area contributed by atoms with Gasteiger partial charge in [-0.1, -0.05) is 49.5 Å². The van der Waals surface area contributed by atoms with E-state index in [0.29, 0.717) is 15.1 Å². The second kappa shape index (κ2) is 6.16. The van der Waals surface area contributed by atoms with Crippen molar-refractivity contribution in [3.63, 3.8) is 0 Å². The van der Waals surface area contributed by atoms with Crippen molar-refractivity contribution in [3.8, 4) is 0 Å². The monoisotopic (exact) mass is 404 g/mol. The van der Waals surface area contributed by atoms with Crippen LogP contribution in [0.15, 0.2) is 45.3 Å². The first-order chi connectivity index (χ1) is 8.97. The largest absolute Gasteiger partial charge is 0.294 e. The summed E-state index contributed by atoms with van der Waals surface area (Å²) >= 11 is 12.6. The van der Waals surface area contributed by atoms with Crippen LogP contribution in [0.2, 0.25) is 5.02 Å². The average Bonchev–Trinajstić information content (AvgIpc) is 2.35. The van der Waals surface area contributed by atoms with Crippen LogP contribution >= 0.6 is 43.5 Å². The van der Waals surface area contributed by atoms with Crippen LogP contribution in [0.4, 0.5) is 4.39 Å². The van der Waals surface area contributed by atoms with Gasteiger partial charge in [0.2, 0.25) is 0 Å². The normalized spacial score (nSPS) is 10.5. The minimum atomic E-state index is -0.344. The minimum Gasteiger partial charge on any atom is -0.294 e. The number of carbonyl (C=O) groups is 1. The molecule has 0 saturated heterocycles. The summed E-state index contributed by atoms with van der Waals surface area (Å²) in [4.78, 5) is 12.2. The van der Waals surface area contributed by atoms with Crippen molar-refractivity contribution in [3.05, 3.63) is 67.3 Å². The van der Waals surface area contributed by atoms with Crippen LogP contribution < -0.4 is 0 Å². The Morgan fingerprint density at radius 3 is 2.58 bits per heavy atom. The number of carbonyl (C=O) groups excluding carboxylic acids is 1. The van der Waals surface area contributed by atoms with E-state index in [9.17, 15) is 9.18 Å². The van der Waals surface area contributed by atoms with Crippen LogP contribution in [0.3, 0.4) is 0 Å². The van der Waals surface area contributed by atoms with E-state index in [1.807, 2.05) is 0 Å². The molecule has 0 fully saturated rings. The highest BCUT2D eigenvalue weighted by Gasteiger charge is 2.13. The maximum Gasteiger partial charge on any atom is 0.168 e. The Morgan fingerprint density at radius 2 is 1.89 bits per heavy atom. The summed E-state index contributed by atoms with van der Waals surface area (Å²) in [7, 11) is 0. The summed E-state index contributed by atoms with van der Waals surface area (Å²) in [6, 6.07) is 9.37. The van der Waals surface area contributed by atoms with Gasteiger partial charge in [-0.05, 0) is 35.9 Å². The molecule has 0 aromatic heterocycles. The predicted molar refractivity (Wildman–Crippen MR) is 81.3 cm³/mol. The van der Waals surface area contributed by atoms with Gasteiger partial charge in [-0.15, -0.1) is 0 Å². The van der Waals surface area contributed by atoms with Crippen molar-refractivity contribution in [2.45, 2.75) is 6.42 Å². The lowest BCUT2D eigenvalue weighted by atomic mass is 10.0. The summed E-state index contributed by atoms with van der Waals surface area (Å²) in [5.74, 6) is -0.456. The van der Waals surface area contributed by atoms with Gasteiger partial charge in [0, 0.05) is 20.9 Å². The van der Waals surface area contributed by atoms with E-state index in [2.05, 4.69) is 31.9 Å². The van der Waals surface area contributed by atoms with Crippen LogP contribution in [0, 0.1) is 5.82 Å². The molecule has 19 heavy (non-hydrogen) atoms. The van der Waals surface area contributed by atoms with Gasteiger partial charge < -0.3 is 0 Å². The van der Waals surface area contributed by atoms with Gasteiger partial charge in [0.25, 0.3) is 0 Å². The molecule has 5 heteroatoms. The van der Waals surface area contributed by atoms with E-state index < -0.39 is 0 Å². The van der Waals surface area contributed by atoms with E-state index in [0.717, 1.165) is 10.0 Å². The first-order valence-electron chi connectivity index (χ1n) is 5.39. The van der Waals surface area contributed by atoms with Crippen molar-refractivity contribution in [1.82, 2.24) is 0 Å². The Bertz CT molecular complexity index is 643. The van der Waals surface area contributed by atoms with Crippen molar-refractivity contribution in [1.29, 1.82) is 0 Å². The second-order valence-corrected chi connectivity index (χ2v) is 6.14. The maximum absolute atomic E-state index is 13.0. The molecule has 0 spiro atoms. The summed E-state index contributed by atoms with van der Waals surface area (Å²) in [6.45, 7) is 0. The molecule has 0 amide bonds. The summed E-state index contributed by atoms with van der Waals surface area (Å²) in [5.41, 5.74) is 1.18. The SMILES string of the molecule is O=C(Cc1ccc(F)cc1Br)c1cc(Br)ccc1Cl. The molecule has 0 unspecified atom stereocenters. The third-order valence-electron chi connectivity index (χ3n) is 2.59.